The Hall–Kier alpha value is -0.120. The van der Waals surface area contributed by atoms with Gasteiger partial charge >= 0.3 is 0 Å². The molecule has 2 atom stereocenters. The minimum absolute atomic E-state index is 0.135. The monoisotopic (exact) mass is 175 g/mol. The van der Waals surface area contributed by atoms with Gasteiger partial charge in [-0.2, -0.15) is 0 Å². The number of hydrogen-bond donors (Lipinski definition) is 1. The molecule has 0 aromatic heterocycles. The Balaban J connectivity index is 3.24. The van der Waals surface area contributed by atoms with E-state index in [9.17, 15) is 0 Å². The van der Waals surface area contributed by atoms with Crippen LogP contribution in [0.15, 0.2) is 0 Å². The first-order valence-corrected chi connectivity index (χ1v) is 4.67. The molecule has 0 fully saturated rings. The summed E-state index contributed by atoms with van der Waals surface area (Å²) in [4.78, 5) is 0. The largest absolute Gasteiger partial charge is 0.379 e. The molecular formula is C9H21NO2. The van der Waals surface area contributed by atoms with Crippen molar-refractivity contribution in [2.75, 3.05) is 19.8 Å². The second-order valence-corrected chi connectivity index (χ2v) is 2.84. The molecule has 0 rings (SSSR count). The third kappa shape index (κ3) is 5.52. The molecule has 0 radical (unpaired) electrons. The fourth-order valence-corrected chi connectivity index (χ4v) is 0.893. The van der Waals surface area contributed by atoms with Crippen molar-refractivity contribution in [1.29, 1.82) is 0 Å². The van der Waals surface area contributed by atoms with E-state index in [0.717, 1.165) is 13.0 Å². The fraction of sp³-hybridized carbons (Fsp3) is 1.00. The Kier molecular flexibility index (Phi) is 7.45. The van der Waals surface area contributed by atoms with Gasteiger partial charge in [0.05, 0.1) is 19.3 Å². The summed E-state index contributed by atoms with van der Waals surface area (Å²) in [5, 5.41) is 0. The van der Waals surface area contributed by atoms with Crippen molar-refractivity contribution in [3.63, 3.8) is 0 Å². The second kappa shape index (κ2) is 7.53. The number of ether oxygens (including phenoxy) is 2. The zero-order valence-corrected chi connectivity index (χ0v) is 8.38. The van der Waals surface area contributed by atoms with Crippen molar-refractivity contribution in [1.82, 2.24) is 0 Å². The first-order valence-electron chi connectivity index (χ1n) is 4.67. The van der Waals surface area contributed by atoms with Gasteiger partial charge in [-0.1, -0.05) is 6.92 Å². The molecule has 3 heteroatoms. The summed E-state index contributed by atoms with van der Waals surface area (Å²) in [7, 11) is 0. The van der Waals surface area contributed by atoms with Crippen molar-refractivity contribution >= 4 is 0 Å². The topological polar surface area (TPSA) is 44.5 Å². The van der Waals surface area contributed by atoms with Crippen LogP contribution in [-0.2, 0) is 9.47 Å². The second-order valence-electron chi connectivity index (χ2n) is 2.84. The molecule has 12 heavy (non-hydrogen) atoms. The molecule has 2 unspecified atom stereocenters. The lowest BCUT2D eigenvalue weighted by atomic mass is 10.1. The van der Waals surface area contributed by atoms with Crippen molar-refractivity contribution in [3.8, 4) is 0 Å². The number of nitrogens with two attached hydrogens (primary N) is 1. The van der Waals surface area contributed by atoms with Crippen molar-refractivity contribution in [2.24, 2.45) is 5.73 Å². The lowest BCUT2D eigenvalue weighted by Gasteiger charge is -2.18. The van der Waals surface area contributed by atoms with E-state index in [2.05, 4.69) is 6.92 Å². The average Bonchev–Trinajstić information content (AvgIpc) is 2.10. The van der Waals surface area contributed by atoms with Crippen molar-refractivity contribution in [3.05, 3.63) is 0 Å². The molecule has 0 amide bonds. The van der Waals surface area contributed by atoms with Crippen LogP contribution >= 0.6 is 0 Å². The van der Waals surface area contributed by atoms with E-state index in [1.165, 1.54) is 0 Å². The maximum atomic E-state index is 5.77. The highest BCUT2D eigenvalue weighted by Gasteiger charge is 2.09. The third-order valence-corrected chi connectivity index (χ3v) is 1.89. The van der Waals surface area contributed by atoms with Gasteiger partial charge in [0.2, 0.25) is 0 Å². The molecule has 74 valence electrons. The van der Waals surface area contributed by atoms with Crippen LogP contribution in [-0.4, -0.2) is 32.0 Å². The summed E-state index contributed by atoms with van der Waals surface area (Å²) in [6.45, 7) is 8.09. The minimum Gasteiger partial charge on any atom is -0.379 e. The standard InChI is InChI=1S/C9H21NO2/c1-4-9(10)8(3)12-7-6-11-5-2/h8-9H,4-7,10H2,1-3H3. The molecule has 0 spiro atoms. The first-order chi connectivity index (χ1) is 5.72. The predicted molar refractivity (Wildman–Crippen MR) is 50.2 cm³/mol. The summed E-state index contributed by atoms with van der Waals surface area (Å²) in [6, 6.07) is 0.145. The van der Waals surface area contributed by atoms with Gasteiger partial charge in [-0.15, -0.1) is 0 Å². The van der Waals surface area contributed by atoms with E-state index in [4.69, 9.17) is 15.2 Å². The van der Waals surface area contributed by atoms with Crippen LogP contribution in [0.4, 0.5) is 0 Å². The smallest absolute Gasteiger partial charge is 0.0704 e. The summed E-state index contributed by atoms with van der Waals surface area (Å²) in [5.74, 6) is 0. The molecular weight excluding hydrogens is 154 g/mol. The van der Waals surface area contributed by atoms with Crippen LogP contribution in [0.25, 0.3) is 0 Å². The van der Waals surface area contributed by atoms with Gasteiger partial charge in [0.25, 0.3) is 0 Å². The van der Waals surface area contributed by atoms with Crippen molar-refractivity contribution < 1.29 is 9.47 Å². The van der Waals surface area contributed by atoms with Gasteiger partial charge < -0.3 is 15.2 Å². The molecule has 0 aliphatic rings. The summed E-state index contributed by atoms with van der Waals surface area (Å²) in [6.07, 6.45) is 1.09. The third-order valence-electron chi connectivity index (χ3n) is 1.89. The van der Waals surface area contributed by atoms with Gasteiger partial charge in [0.15, 0.2) is 0 Å². The Bertz CT molecular complexity index is 98.5. The van der Waals surface area contributed by atoms with Crippen LogP contribution in [0, 0.1) is 0 Å². The van der Waals surface area contributed by atoms with Crippen molar-refractivity contribution in [2.45, 2.75) is 39.3 Å². The molecule has 0 heterocycles. The Morgan fingerprint density at radius 3 is 2.42 bits per heavy atom. The molecule has 0 aromatic carbocycles. The summed E-state index contributed by atoms with van der Waals surface area (Å²) in [5.41, 5.74) is 5.77. The molecule has 2 N–H and O–H groups in total. The lowest BCUT2D eigenvalue weighted by Crippen LogP contribution is -2.34. The van der Waals surface area contributed by atoms with E-state index in [0.29, 0.717) is 13.2 Å². The Morgan fingerprint density at radius 2 is 1.92 bits per heavy atom. The lowest BCUT2D eigenvalue weighted by molar-refractivity contribution is 0.00454. The molecule has 0 bridgehead atoms. The van der Waals surface area contributed by atoms with Gasteiger partial charge in [-0.3, -0.25) is 0 Å². The van der Waals surface area contributed by atoms with Gasteiger partial charge in [-0.25, -0.2) is 0 Å². The quantitative estimate of drug-likeness (QED) is 0.591. The maximum absolute atomic E-state index is 5.77. The van der Waals surface area contributed by atoms with Gasteiger partial charge in [-0.05, 0) is 20.3 Å². The molecule has 0 saturated carbocycles. The molecule has 0 aromatic rings. The SMILES string of the molecule is CCOCCOC(C)C(N)CC. The first kappa shape index (κ1) is 11.9. The Labute approximate surface area is 75.2 Å². The minimum atomic E-state index is 0.135. The predicted octanol–water partition coefficient (Wildman–Crippen LogP) is 1.17. The normalized spacial score (nSPS) is 16.0. The highest BCUT2D eigenvalue weighted by molar-refractivity contribution is 4.66. The van der Waals surface area contributed by atoms with E-state index < -0.39 is 0 Å². The van der Waals surface area contributed by atoms with Crippen LogP contribution in [0.5, 0.6) is 0 Å². The van der Waals surface area contributed by atoms with Crippen LogP contribution in [0.3, 0.4) is 0 Å². The zero-order valence-electron chi connectivity index (χ0n) is 8.38. The number of rotatable bonds is 7. The van der Waals surface area contributed by atoms with E-state index in [-0.39, 0.29) is 12.1 Å². The van der Waals surface area contributed by atoms with Gasteiger partial charge in [0.1, 0.15) is 0 Å². The van der Waals surface area contributed by atoms with E-state index in [1.54, 1.807) is 0 Å². The molecule has 3 nitrogen and oxygen atoms in total. The molecule has 0 saturated heterocycles. The molecule has 0 aliphatic carbocycles. The highest BCUT2D eigenvalue weighted by Crippen LogP contribution is 1.99. The highest BCUT2D eigenvalue weighted by atomic mass is 16.5. The van der Waals surface area contributed by atoms with Crippen LogP contribution < -0.4 is 5.73 Å². The zero-order chi connectivity index (χ0) is 9.40. The van der Waals surface area contributed by atoms with Crippen LogP contribution in [0.2, 0.25) is 0 Å². The maximum Gasteiger partial charge on any atom is 0.0704 e. The number of hydrogen-bond acceptors (Lipinski definition) is 3. The van der Waals surface area contributed by atoms with Gasteiger partial charge in [0, 0.05) is 12.6 Å². The Morgan fingerprint density at radius 1 is 1.25 bits per heavy atom. The van der Waals surface area contributed by atoms with Crippen LogP contribution in [0.1, 0.15) is 27.2 Å². The average molecular weight is 175 g/mol. The van der Waals surface area contributed by atoms with E-state index >= 15 is 0 Å². The van der Waals surface area contributed by atoms with E-state index in [1.807, 2.05) is 13.8 Å². The summed E-state index contributed by atoms with van der Waals surface area (Å²) >= 11 is 0. The summed E-state index contributed by atoms with van der Waals surface area (Å²) < 4.78 is 10.6. The fourth-order valence-electron chi connectivity index (χ4n) is 0.893. The molecule has 0 aliphatic heterocycles.